The van der Waals surface area contributed by atoms with Crippen LogP contribution in [0.5, 0.6) is 0 Å². The van der Waals surface area contributed by atoms with Crippen molar-refractivity contribution in [1.82, 2.24) is 19.7 Å². The van der Waals surface area contributed by atoms with E-state index < -0.39 is 11.7 Å². The van der Waals surface area contributed by atoms with Crippen molar-refractivity contribution in [3.8, 4) is 11.1 Å². The van der Waals surface area contributed by atoms with Crippen molar-refractivity contribution in [1.29, 1.82) is 0 Å². The van der Waals surface area contributed by atoms with Crippen LogP contribution in [0.4, 0.5) is 15.9 Å². The van der Waals surface area contributed by atoms with Crippen molar-refractivity contribution in [3.05, 3.63) is 70.4 Å². The number of benzene rings is 1. The fraction of sp³-hybridized carbons (Fsp3) is 0.370. The van der Waals surface area contributed by atoms with E-state index in [4.69, 9.17) is 17.3 Å². The zero-order valence-corrected chi connectivity index (χ0v) is 20.9. The van der Waals surface area contributed by atoms with Crippen LogP contribution in [-0.2, 0) is 12.5 Å². The lowest BCUT2D eigenvalue weighted by Crippen LogP contribution is -2.39. The SMILES string of the molecule is Cn1cc([C@H]2CCCCN2C(=O)c2c(N)ccc(-c3cnc4c(c3Cl)C3(CC=CC3)CN4)c2F)cn1. The highest BCUT2D eigenvalue weighted by molar-refractivity contribution is 6.34. The Morgan fingerprint density at radius 1 is 1.22 bits per heavy atom. The predicted octanol–water partition coefficient (Wildman–Crippen LogP) is 5.24. The first kappa shape index (κ1) is 23.0. The van der Waals surface area contributed by atoms with Gasteiger partial charge in [0.15, 0.2) is 0 Å². The average Bonchev–Trinajstić information content (AvgIpc) is 3.61. The zero-order chi connectivity index (χ0) is 25.0. The number of likely N-dealkylation sites (tertiary alicyclic amines) is 1. The molecule has 0 saturated carbocycles. The third kappa shape index (κ3) is 3.50. The monoisotopic (exact) mass is 506 g/mol. The minimum absolute atomic E-state index is 0.111. The number of allylic oxidation sites excluding steroid dienone is 2. The van der Waals surface area contributed by atoms with Gasteiger partial charge in [-0.05, 0) is 44.2 Å². The molecule has 0 radical (unpaired) electrons. The highest BCUT2D eigenvalue weighted by Crippen LogP contribution is 2.50. The highest BCUT2D eigenvalue weighted by Gasteiger charge is 2.43. The molecule has 3 N–H and O–H groups in total. The van der Waals surface area contributed by atoms with Gasteiger partial charge < -0.3 is 16.0 Å². The minimum atomic E-state index is -0.663. The quantitative estimate of drug-likeness (QED) is 0.374. The number of piperidine rings is 1. The van der Waals surface area contributed by atoms with Crippen LogP contribution in [0.1, 0.15) is 59.6 Å². The van der Waals surface area contributed by atoms with E-state index in [2.05, 4.69) is 27.6 Å². The number of fused-ring (bicyclic) bond motifs is 2. The number of carbonyl (C=O) groups is 1. The van der Waals surface area contributed by atoms with Crippen molar-refractivity contribution < 1.29 is 9.18 Å². The number of nitrogens with zero attached hydrogens (tertiary/aromatic N) is 4. The Kier molecular flexibility index (Phi) is 5.52. The van der Waals surface area contributed by atoms with E-state index in [0.29, 0.717) is 17.1 Å². The summed E-state index contributed by atoms with van der Waals surface area (Å²) in [5.41, 5.74) is 8.61. The average molecular weight is 507 g/mol. The van der Waals surface area contributed by atoms with Gasteiger partial charge in [-0.15, -0.1) is 0 Å². The van der Waals surface area contributed by atoms with E-state index in [9.17, 15) is 4.79 Å². The molecule has 1 spiro atoms. The molecule has 1 aliphatic carbocycles. The number of nitrogens with two attached hydrogens (primary N) is 1. The van der Waals surface area contributed by atoms with Gasteiger partial charge in [0.25, 0.3) is 5.91 Å². The number of carbonyl (C=O) groups excluding carboxylic acids is 1. The molecular formula is C27H28ClFN6O. The normalized spacial score (nSPS) is 20.1. The Morgan fingerprint density at radius 2 is 2.03 bits per heavy atom. The Hall–Kier alpha value is -3.39. The molecule has 1 atom stereocenters. The van der Waals surface area contributed by atoms with Gasteiger partial charge in [-0.25, -0.2) is 9.37 Å². The van der Waals surface area contributed by atoms with Gasteiger partial charge in [0, 0.05) is 65.9 Å². The first-order valence-corrected chi connectivity index (χ1v) is 12.7. The summed E-state index contributed by atoms with van der Waals surface area (Å²) >= 11 is 6.95. The van der Waals surface area contributed by atoms with Crippen molar-refractivity contribution >= 4 is 29.0 Å². The number of aryl methyl sites for hydroxylation is 1. The molecule has 4 heterocycles. The molecule has 0 bridgehead atoms. The first-order valence-electron chi connectivity index (χ1n) is 12.4. The summed E-state index contributed by atoms with van der Waals surface area (Å²) in [4.78, 5) is 20.1. The number of amides is 1. The van der Waals surface area contributed by atoms with Gasteiger partial charge >= 0.3 is 0 Å². The highest BCUT2D eigenvalue weighted by atomic mass is 35.5. The number of hydrogen-bond acceptors (Lipinski definition) is 5. The Balaban J connectivity index is 1.41. The summed E-state index contributed by atoms with van der Waals surface area (Å²) < 4.78 is 17.9. The van der Waals surface area contributed by atoms with Crippen molar-refractivity contribution in [2.45, 2.75) is 43.6 Å². The molecule has 0 unspecified atom stereocenters. The Morgan fingerprint density at radius 3 is 2.78 bits per heavy atom. The third-order valence-electron chi connectivity index (χ3n) is 7.88. The maximum Gasteiger partial charge on any atom is 0.259 e. The van der Waals surface area contributed by atoms with Crippen molar-refractivity contribution in [2.75, 3.05) is 24.1 Å². The van der Waals surface area contributed by atoms with E-state index in [-0.39, 0.29) is 28.3 Å². The fourth-order valence-corrected chi connectivity index (χ4v) is 6.42. The summed E-state index contributed by atoms with van der Waals surface area (Å²) in [5, 5.41) is 8.09. The van der Waals surface area contributed by atoms with Crippen LogP contribution in [0.3, 0.4) is 0 Å². The number of rotatable bonds is 3. The molecule has 36 heavy (non-hydrogen) atoms. The van der Waals surface area contributed by atoms with Crippen LogP contribution in [-0.4, -0.2) is 38.7 Å². The predicted molar refractivity (Wildman–Crippen MR) is 138 cm³/mol. The second kappa shape index (κ2) is 8.62. The molecule has 3 aliphatic rings. The summed E-state index contributed by atoms with van der Waals surface area (Å²) in [6.07, 6.45) is 13.9. The molecule has 7 nitrogen and oxygen atoms in total. The lowest BCUT2D eigenvalue weighted by Gasteiger charge is -2.35. The topological polar surface area (TPSA) is 89.1 Å². The van der Waals surface area contributed by atoms with Gasteiger partial charge in [-0.1, -0.05) is 23.8 Å². The largest absolute Gasteiger partial charge is 0.398 e. The molecule has 6 rings (SSSR count). The van der Waals surface area contributed by atoms with E-state index >= 15 is 4.39 Å². The van der Waals surface area contributed by atoms with Crippen LogP contribution >= 0.6 is 11.6 Å². The van der Waals surface area contributed by atoms with E-state index in [1.807, 2.05) is 13.2 Å². The van der Waals surface area contributed by atoms with Crippen LogP contribution in [0.15, 0.2) is 42.9 Å². The standard InChI is InChI=1S/C27H28ClFN6O/c1-34-14-16(12-33-34)20-6-2-5-11-35(20)26(36)21-19(30)8-7-17(24(21)29)18-13-31-25-22(23(18)28)27(15-32-25)9-3-4-10-27/h3-4,7-8,12-14,20H,2,5-6,9-11,15,30H2,1H3,(H,31,32)/t20-/m1/s1. The van der Waals surface area contributed by atoms with Gasteiger partial charge in [0.05, 0.1) is 22.8 Å². The fourth-order valence-electron chi connectivity index (χ4n) is 5.98. The van der Waals surface area contributed by atoms with Gasteiger partial charge in [0.1, 0.15) is 11.6 Å². The van der Waals surface area contributed by atoms with Crippen LogP contribution in [0.25, 0.3) is 11.1 Å². The molecule has 1 amide bonds. The lowest BCUT2D eigenvalue weighted by molar-refractivity contribution is 0.0608. The molecule has 1 fully saturated rings. The number of pyridine rings is 1. The maximum absolute atomic E-state index is 16.2. The smallest absolute Gasteiger partial charge is 0.259 e. The number of aromatic nitrogens is 3. The van der Waals surface area contributed by atoms with E-state index in [1.54, 1.807) is 34.1 Å². The number of nitrogens with one attached hydrogen (secondary N) is 1. The molecule has 3 aromatic rings. The molecule has 2 aromatic heterocycles. The van der Waals surface area contributed by atoms with Crippen molar-refractivity contribution in [3.63, 3.8) is 0 Å². The summed E-state index contributed by atoms with van der Waals surface area (Å²) in [6.45, 7) is 1.27. The maximum atomic E-state index is 16.2. The summed E-state index contributed by atoms with van der Waals surface area (Å²) in [7, 11) is 1.84. The van der Waals surface area contributed by atoms with E-state index in [1.165, 1.54) is 0 Å². The van der Waals surface area contributed by atoms with Gasteiger partial charge in [-0.2, -0.15) is 5.10 Å². The second-order valence-corrected chi connectivity index (χ2v) is 10.4. The summed E-state index contributed by atoms with van der Waals surface area (Å²) in [6, 6.07) is 3.00. The number of halogens is 2. The van der Waals surface area contributed by atoms with Crippen LogP contribution in [0, 0.1) is 5.82 Å². The zero-order valence-electron chi connectivity index (χ0n) is 20.1. The number of hydrogen-bond donors (Lipinski definition) is 2. The van der Waals surface area contributed by atoms with E-state index in [0.717, 1.165) is 55.6 Å². The third-order valence-corrected chi connectivity index (χ3v) is 8.27. The van der Waals surface area contributed by atoms with Gasteiger partial charge in [0.2, 0.25) is 0 Å². The Bertz CT molecular complexity index is 1390. The molecular weight excluding hydrogens is 479 g/mol. The van der Waals surface area contributed by atoms with Gasteiger partial charge in [-0.3, -0.25) is 9.48 Å². The number of anilines is 2. The molecule has 2 aliphatic heterocycles. The molecule has 1 saturated heterocycles. The number of nitrogen functional groups attached to an aromatic ring is 1. The lowest BCUT2D eigenvalue weighted by atomic mass is 9.80. The first-order chi connectivity index (χ1) is 17.4. The summed E-state index contributed by atoms with van der Waals surface area (Å²) in [5.74, 6) is -0.334. The van der Waals surface area contributed by atoms with Crippen LogP contribution < -0.4 is 11.1 Å². The molecule has 1 aromatic carbocycles. The minimum Gasteiger partial charge on any atom is -0.398 e. The second-order valence-electron chi connectivity index (χ2n) is 10.1. The molecule has 9 heteroatoms. The Labute approximate surface area is 214 Å². The van der Waals surface area contributed by atoms with Crippen molar-refractivity contribution in [2.24, 2.45) is 7.05 Å². The van der Waals surface area contributed by atoms with Crippen LogP contribution in [0.2, 0.25) is 5.02 Å². The molecule has 186 valence electrons.